The predicted molar refractivity (Wildman–Crippen MR) is 276 cm³/mol. The molecule has 3 aliphatic heterocycles. The summed E-state index contributed by atoms with van der Waals surface area (Å²) < 4.78 is 45.0. The Morgan fingerprint density at radius 2 is 1.68 bits per heavy atom. The number of halogens is 1. The molecule has 0 unspecified atom stereocenters. The van der Waals surface area contributed by atoms with Crippen LogP contribution in [0.1, 0.15) is 125 Å². The van der Waals surface area contributed by atoms with Crippen molar-refractivity contribution < 1.29 is 66.7 Å². The number of amides is 4. The Morgan fingerprint density at radius 1 is 0.961 bits per heavy atom. The van der Waals surface area contributed by atoms with Gasteiger partial charge in [-0.2, -0.15) is 0 Å². The summed E-state index contributed by atoms with van der Waals surface area (Å²) in [7, 11) is 0. The number of aryl methyl sites for hydroxylation is 1. The van der Waals surface area contributed by atoms with Gasteiger partial charge in [0.05, 0.1) is 75.1 Å². The van der Waals surface area contributed by atoms with Crippen LogP contribution in [0.4, 0.5) is 4.39 Å². The number of esters is 2. The lowest BCUT2D eigenvalue weighted by Crippen LogP contribution is -2.57. The summed E-state index contributed by atoms with van der Waals surface area (Å²) in [6.45, 7) is 10.4. The number of hydrogen-bond donors (Lipinski definition) is 6. The first-order valence-corrected chi connectivity index (χ1v) is 26.7. The van der Waals surface area contributed by atoms with Gasteiger partial charge in [-0.25, -0.2) is 19.0 Å². The smallest absolute Gasteiger partial charge is 0.355 e. The lowest BCUT2D eigenvalue weighted by atomic mass is 9.82. The molecular formula is C54H73FN8O14. The van der Waals surface area contributed by atoms with Gasteiger partial charge in [0, 0.05) is 54.0 Å². The van der Waals surface area contributed by atoms with Crippen molar-refractivity contribution in [3.63, 3.8) is 0 Å². The molecule has 1 saturated heterocycles. The third kappa shape index (κ3) is 12.8. The van der Waals surface area contributed by atoms with E-state index >= 15 is 4.39 Å². The number of pyridine rings is 2. The number of carbonyl (C=O) groups is 7. The number of aromatic nitrogens is 2. The van der Waals surface area contributed by atoms with Crippen LogP contribution in [-0.4, -0.2) is 138 Å². The maximum absolute atomic E-state index is 15.3. The van der Waals surface area contributed by atoms with Gasteiger partial charge in [-0.1, -0.05) is 34.1 Å². The maximum Gasteiger partial charge on any atom is 0.355 e. The molecule has 0 spiro atoms. The van der Waals surface area contributed by atoms with E-state index in [-0.39, 0.29) is 81.7 Å². The molecule has 23 heteroatoms. The molecule has 7 rings (SSSR count). The highest BCUT2D eigenvalue weighted by Crippen LogP contribution is 2.46. The zero-order chi connectivity index (χ0) is 55.7. The lowest BCUT2D eigenvalue weighted by molar-refractivity contribution is -0.191. The second-order valence-electron chi connectivity index (χ2n) is 20.5. The first-order chi connectivity index (χ1) is 36.8. The number of hydrogen-bond acceptors (Lipinski definition) is 16. The standard InChI is InChI=1S/C54H73FN8O14/c1-6-54(35-24-41-47-33(27-63(41)50(69)34(35)28-76-53(54)72)44-37(57)13-12-32-31(5)36(55)25-38(60-47)45(32)44)77-52(71)46(29(2)3)61-49(68)40-11-9-17-62(40)51(70)39(26-43(65)66)59-42(64)14-18-73-20-22-75-23-21-74-19-16-58-48(67)30(4)10-7-8-15-56/h24-25,29-30,37,39-40,46H,6-23,26-28,56-57H2,1-5H3,(H,58,67)(H,59,64)(H,61,68)(H,65,66)/t30-,37-,39-,40-,46-,54-/m0/s1. The summed E-state index contributed by atoms with van der Waals surface area (Å²) in [6, 6.07) is -1.54. The summed E-state index contributed by atoms with van der Waals surface area (Å²) in [4.78, 5) is 114. The number of ether oxygens (including phenoxy) is 5. The van der Waals surface area contributed by atoms with Crippen LogP contribution in [0.3, 0.4) is 0 Å². The molecular weight excluding hydrogens is 1000 g/mol. The number of nitrogens with two attached hydrogens (primary N) is 2. The van der Waals surface area contributed by atoms with Crippen LogP contribution in [0.25, 0.3) is 22.3 Å². The van der Waals surface area contributed by atoms with Crippen LogP contribution < -0.4 is 33.0 Å². The van der Waals surface area contributed by atoms with E-state index in [0.29, 0.717) is 73.6 Å². The predicted octanol–water partition coefficient (Wildman–Crippen LogP) is 2.44. The average molecular weight is 1080 g/mol. The highest BCUT2D eigenvalue weighted by molar-refractivity contribution is 5.97. The third-order valence-corrected chi connectivity index (χ3v) is 15.0. The molecule has 3 aromatic rings. The second-order valence-corrected chi connectivity index (χ2v) is 20.5. The number of rotatable bonds is 27. The van der Waals surface area contributed by atoms with Crippen LogP contribution in [0.2, 0.25) is 0 Å². The van der Waals surface area contributed by atoms with Gasteiger partial charge >= 0.3 is 17.9 Å². The molecule has 1 fully saturated rings. The van der Waals surface area contributed by atoms with Crippen molar-refractivity contribution in [1.82, 2.24) is 30.4 Å². The minimum absolute atomic E-state index is 0.0295. The van der Waals surface area contributed by atoms with E-state index in [1.54, 1.807) is 33.8 Å². The van der Waals surface area contributed by atoms with E-state index in [1.165, 1.54) is 15.5 Å². The van der Waals surface area contributed by atoms with Crippen molar-refractivity contribution in [2.75, 3.05) is 59.3 Å². The number of benzene rings is 1. The van der Waals surface area contributed by atoms with E-state index in [9.17, 15) is 43.5 Å². The topological polar surface area (TPSA) is 312 Å². The number of likely N-dealkylation sites (tertiary alicyclic amines) is 1. The fraction of sp³-hybridized carbons (Fsp3) is 0.611. The largest absolute Gasteiger partial charge is 0.481 e. The molecule has 77 heavy (non-hydrogen) atoms. The summed E-state index contributed by atoms with van der Waals surface area (Å²) in [5, 5.41) is 18.5. The number of fused-ring (bicyclic) bond motifs is 5. The van der Waals surface area contributed by atoms with Crippen LogP contribution in [0.15, 0.2) is 16.9 Å². The molecule has 1 aliphatic carbocycles. The van der Waals surface area contributed by atoms with Crippen molar-refractivity contribution in [1.29, 1.82) is 0 Å². The molecule has 1 aromatic carbocycles. The molecule has 4 amide bonds. The van der Waals surface area contributed by atoms with Gasteiger partial charge in [0.15, 0.2) is 0 Å². The van der Waals surface area contributed by atoms with Crippen molar-refractivity contribution in [2.45, 2.75) is 142 Å². The Bertz CT molecular complexity index is 2810. The molecule has 0 saturated carbocycles. The van der Waals surface area contributed by atoms with Gasteiger partial charge in [-0.15, -0.1) is 0 Å². The maximum atomic E-state index is 15.3. The van der Waals surface area contributed by atoms with E-state index in [4.69, 9.17) is 40.1 Å². The van der Waals surface area contributed by atoms with E-state index in [1.807, 2.05) is 6.92 Å². The first kappa shape index (κ1) is 58.3. The number of aliphatic carboxylic acids is 1. The van der Waals surface area contributed by atoms with Gasteiger partial charge in [0.25, 0.3) is 5.56 Å². The Kier molecular flexibility index (Phi) is 19.6. The van der Waals surface area contributed by atoms with Crippen molar-refractivity contribution >= 4 is 52.4 Å². The molecule has 8 N–H and O–H groups in total. The Balaban J connectivity index is 0.945. The number of nitrogens with one attached hydrogen (secondary N) is 3. The lowest BCUT2D eigenvalue weighted by Gasteiger charge is -2.37. The summed E-state index contributed by atoms with van der Waals surface area (Å²) in [5.41, 5.74) is 13.7. The minimum Gasteiger partial charge on any atom is -0.481 e. The summed E-state index contributed by atoms with van der Waals surface area (Å²) in [6.07, 6.45) is 3.03. The number of carboxylic acid groups (broad SMARTS) is 1. The monoisotopic (exact) mass is 1080 g/mol. The number of unbranched alkanes of at least 4 members (excludes halogenated alkanes) is 1. The van der Waals surface area contributed by atoms with Gasteiger partial charge < -0.3 is 65.7 Å². The SMILES string of the molecule is CC[C@@]1(OC(=O)[C@@H](NC(=O)[C@@H]2CCCN2C(=O)[C@H](CC(=O)O)NC(=O)CCOCCOCCOCCNC(=O)[C@@H](C)CCCCN)C(C)C)C(=O)OCc2c1cc1n(c2=O)Cc2c-1nc1cc(F)c(C)c3c1c2[C@@H](N)CC3. The molecule has 6 atom stereocenters. The first-order valence-electron chi connectivity index (χ1n) is 26.7. The molecule has 0 radical (unpaired) electrons. The van der Waals surface area contributed by atoms with Crippen LogP contribution >= 0.6 is 0 Å². The highest BCUT2D eigenvalue weighted by Gasteiger charge is 2.52. The minimum atomic E-state index is -2.14. The number of cyclic esters (lactones) is 1. The summed E-state index contributed by atoms with van der Waals surface area (Å²) >= 11 is 0. The molecule has 420 valence electrons. The van der Waals surface area contributed by atoms with Crippen LogP contribution in [-0.2, 0) is 82.4 Å². The van der Waals surface area contributed by atoms with E-state index in [2.05, 4.69) is 16.0 Å². The molecule has 4 aliphatic rings. The van der Waals surface area contributed by atoms with Gasteiger partial charge in [0.1, 0.15) is 30.5 Å². The Hall–Kier alpha value is -6.40. The molecule has 2 aromatic heterocycles. The zero-order valence-electron chi connectivity index (χ0n) is 44.6. The average Bonchev–Trinajstić information content (AvgIpc) is 4.28. The highest BCUT2D eigenvalue weighted by atomic mass is 19.1. The molecule has 0 bridgehead atoms. The Morgan fingerprint density at radius 3 is 2.36 bits per heavy atom. The Labute approximate surface area is 445 Å². The van der Waals surface area contributed by atoms with Crippen LogP contribution in [0, 0.1) is 24.6 Å². The second kappa shape index (κ2) is 25.8. The van der Waals surface area contributed by atoms with Crippen molar-refractivity contribution in [2.24, 2.45) is 23.3 Å². The zero-order valence-corrected chi connectivity index (χ0v) is 44.6. The normalized spacial score (nSPS) is 19.4. The van der Waals surface area contributed by atoms with E-state index < -0.39 is 95.7 Å². The van der Waals surface area contributed by atoms with Crippen molar-refractivity contribution in [3.05, 3.63) is 61.7 Å². The number of carboxylic acids is 1. The molecule has 5 heterocycles. The fourth-order valence-electron chi connectivity index (χ4n) is 10.7. The van der Waals surface area contributed by atoms with Crippen LogP contribution in [0.5, 0.6) is 0 Å². The summed E-state index contributed by atoms with van der Waals surface area (Å²) in [5.74, 6) is -6.74. The van der Waals surface area contributed by atoms with Gasteiger partial charge in [-0.3, -0.25) is 28.8 Å². The quantitative estimate of drug-likeness (QED) is 0.0369. The number of nitrogens with zero attached hydrogens (tertiary/aromatic N) is 3. The molecule has 22 nitrogen and oxygen atoms in total. The van der Waals surface area contributed by atoms with Gasteiger partial charge in [0.2, 0.25) is 29.2 Å². The van der Waals surface area contributed by atoms with Gasteiger partial charge in [-0.05, 0) is 87.1 Å². The van der Waals surface area contributed by atoms with E-state index in [0.717, 1.165) is 35.8 Å². The third-order valence-electron chi connectivity index (χ3n) is 15.0. The number of carbonyl (C=O) groups excluding carboxylic acids is 6. The fourth-order valence-corrected chi connectivity index (χ4v) is 10.7. The van der Waals surface area contributed by atoms with Crippen molar-refractivity contribution in [3.8, 4) is 11.4 Å².